The monoisotopic (exact) mass is 378 g/mol. The maximum Gasteiger partial charge on any atom is 0.271 e. The van der Waals surface area contributed by atoms with Crippen LogP contribution >= 0.6 is 15.9 Å². The van der Waals surface area contributed by atoms with Gasteiger partial charge in [0.15, 0.2) is 6.29 Å². The lowest BCUT2D eigenvalue weighted by molar-refractivity contribution is -0.0969. The zero-order valence-corrected chi connectivity index (χ0v) is 14.3. The lowest BCUT2D eigenvalue weighted by Crippen LogP contribution is -2.44. The van der Waals surface area contributed by atoms with Gasteiger partial charge in [0, 0.05) is 29.9 Å². The molecule has 1 N–H and O–H groups in total. The van der Waals surface area contributed by atoms with E-state index < -0.39 is 0 Å². The number of carbonyl (C=O) groups is 1. The fourth-order valence-corrected chi connectivity index (χ4v) is 4.09. The third-order valence-electron chi connectivity index (χ3n) is 4.63. The summed E-state index contributed by atoms with van der Waals surface area (Å²) in [5.41, 5.74) is 1.60. The van der Waals surface area contributed by atoms with Crippen molar-refractivity contribution >= 4 is 32.7 Å². The van der Waals surface area contributed by atoms with Gasteiger partial charge in [-0.25, -0.2) is 0 Å². The summed E-state index contributed by atoms with van der Waals surface area (Å²) >= 11 is 3.57. The molecule has 2 aliphatic heterocycles. The fourth-order valence-electron chi connectivity index (χ4n) is 3.48. The molecule has 2 aliphatic rings. The highest BCUT2D eigenvalue weighted by molar-refractivity contribution is 9.10. The third kappa shape index (κ3) is 2.79. The van der Waals surface area contributed by atoms with Crippen LogP contribution in [0.5, 0.6) is 0 Å². The first kappa shape index (κ1) is 15.2. The number of likely N-dealkylation sites (tertiary alicyclic amines) is 1. The van der Waals surface area contributed by atoms with E-state index in [1.54, 1.807) is 0 Å². The molecule has 3 heterocycles. The number of ether oxygens (including phenoxy) is 2. The van der Waals surface area contributed by atoms with Crippen molar-refractivity contribution in [3.8, 4) is 0 Å². The van der Waals surface area contributed by atoms with Gasteiger partial charge < -0.3 is 19.4 Å². The van der Waals surface area contributed by atoms with Crippen LogP contribution in [0.25, 0.3) is 10.9 Å². The lowest BCUT2D eigenvalue weighted by atomic mass is 9.97. The van der Waals surface area contributed by atoms with Gasteiger partial charge in [0.25, 0.3) is 5.91 Å². The summed E-state index contributed by atoms with van der Waals surface area (Å²) < 4.78 is 12.1. The van der Waals surface area contributed by atoms with Gasteiger partial charge in [0.05, 0.1) is 17.7 Å². The van der Waals surface area contributed by atoms with Gasteiger partial charge in [-0.1, -0.05) is 18.2 Å². The largest absolute Gasteiger partial charge is 0.350 e. The number of hydrogen-bond acceptors (Lipinski definition) is 3. The summed E-state index contributed by atoms with van der Waals surface area (Å²) in [6, 6.07) is 7.92. The third-order valence-corrected chi connectivity index (χ3v) is 5.46. The Balaban J connectivity index is 1.56. The Bertz CT molecular complexity index is 724. The highest BCUT2D eigenvalue weighted by Gasteiger charge is 2.34. The van der Waals surface area contributed by atoms with E-state index in [2.05, 4.69) is 20.9 Å². The minimum atomic E-state index is -0.156. The van der Waals surface area contributed by atoms with Gasteiger partial charge in [-0.3, -0.25) is 4.79 Å². The Morgan fingerprint density at radius 1 is 1.26 bits per heavy atom. The van der Waals surface area contributed by atoms with E-state index in [9.17, 15) is 4.79 Å². The van der Waals surface area contributed by atoms with Crippen molar-refractivity contribution < 1.29 is 14.3 Å². The molecule has 0 spiro atoms. The number of aromatic nitrogens is 1. The van der Waals surface area contributed by atoms with Crippen LogP contribution in [0.3, 0.4) is 0 Å². The second-order valence-electron chi connectivity index (χ2n) is 6.12. The maximum absolute atomic E-state index is 12.9. The van der Waals surface area contributed by atoms with E-state index in [1.165, 1.54) is 0 Å². The molecule has 2 aromatic rings. The molecule has 5 nitrogen and oxygen atoms in total. The summed E-state index contributed by atoms with van der Waals surface area (Å²) in [7, 11) is 0. The number of nitrogens with one attached hydrogen (secondary N) is 1. The summed E-state index contributed by atoms with van der Waals surface area (Å²) in [5, 5.41) is 1.03. The van der Waals surface area contributed by atoms with Crippen molar-refractivity contribution in [2.75, 3.05) is 26.3 Å². The molecule has 0 saturated carbocycles. The summed E-state index contributed by atoms with van der Waals surface area (Å²) in [5.74, 6) is 0.300. The molecule has 1 aromatic heterocycles. The average molecular weight is 379 g/mol. The first-order valence-electron chi connectivity index (χ1n) is 8.03. The number of H-pyrrole nitrogens is 1. The summed E-state index contributed by atoms with van der Waals surface area (Å²) in [6.45, 7) is 2.78. The minimum Gasteiger partial charge on any atom is -0.350 e. The van der Waals surface area contributed by atoms with Crippen molar-refractivity contribution in [2.24, 2.45) is 5.92 Å². The summed E-state index contributed by atoms with van der Waals surface area (Å²) in [6.07, 6.45) is 1.87. The molecule has 122 valence electrons. The number of halogens is 1. The Morgan fingerprint density at radius 3 is 2.83 bits per heavy atom. The molecule has 1 unspecified atom stereocenters. The van der Waals surface area contributed by atoms with E-state index in [4.69, 9.17) is 9.47 Å². The molecule has 4 rings (SSSR count). The molecule has 2 fully saturated rings. The van der Waals surface area contributed by atoms with Gasteiger partial charge in [0.1, 0.15) is 5.69 Å². The summed E-state index contributed by atoms with van der Waals surface area (Å²) in [4.78, 5) is 18.1. The van der Waals surface area contributed by atoms with Gasteiger partial charge in [-0.15, -0.1) is 0 Å². The van der Waals surface area contributed by atoms with Crippen LogP contribution in [-0.2, 0) is 9.47 Å². The zero-order chi connectivity index (χ0) is 15.8. The molecular weight excluding hydrogens is 360 g/mol. The van der Waals surface area contributed by atoms with E-state index >= 15 is 0 Å². The van der Waals surface area contributed by atoms with Crippen LogP contribution in [0.1, 0.15) is 23.3 Å². The van der Waals surface area contributed by atoms with Gasteiger partial charge >= 0.3 is 0 Å². The molecule has 2 saturated heterocycles. The topological polar surface area (TPSA) is 54.6 Å². The molecular formula is C17H19BrN2O3. The normalized spacial score (nSPS) is 22.8. The van der Waals surface area contributed by atoms with Crippen LogP contribution in [-0.4, -0.2) is 48.4 Å². The molecule has 23 heavy (non-hydrogen) atoms. The lowest BCUT2D eigenvalue weighted by Gasteiger charge is -2.34. The number of hydrogen-bond donors (Lipinski definition) is 1. The van der Waals surface area contributed by atoms with Gasteiger partial charge in [0.2, 0.25) is 0 Å². The fraction of sp³-hybridized carbons (Fsp3) is 0.471. The quantitative estimate of drug-likeness (QED) is 0.872. The van der Waals surface area contributed by atoms with Gasteiger partial charge in [-0.05, 0) is 34.8 Å². The predicted octanol–water partition coefficient (Wildman–Crippen LogP) is 3.16. The number of nitrogens with zero attached hydrogens (tertiary/aromatic N) is 1. The minimum absolute atomic E-state index is 0.0378. The second kappa shape index (κ2) is 6.26. The van der Waals surface area contributed by atoms with Crippen LogP contribution in [0.4, 0.5) is 0 Å². The highest BCUT2D eigenvalue weighted by Crippen LogP contribution is 2.31. The number of para-hydroxylation sites is 1. The van der Waals surface area contributed by atoms with Crippen LogP contribution < -0.4 is 0 Å². The average Bonchev–Trinajstić information content (AvgIpc) is 3.23. The predicted molar refractivity (Wildman–Crippen MR) is 90.3 cm³/mol. The SMILES string of the molecule is O=C(c1[nH]c2ccccc2c1Br)N1CCCC(C2OCCO2)C1. The van der Waals surface area contributed by atoms with E-state index in [1.807, 2.05) is 29.2 Å². The van der Waals surface area contributed by atoms with E-state index in [0.717, 1.165) is 34.8 Å². The van der Waals surface area contributed by atoms with Crippen molar-refractivity contribution in [2.45, 2.75) is 19.1 Å². The van der Waals surface area contributed by atoms with Crippen molar-refractivity contribution in [1.82, 2.24) is 9.88 Å². The first-order valence-corrected chi connectivity index (χ1v) is 8.82. The van der Waals surface area contributed by atoms with E-state index in [0.29, 0.717) is 25.5 Å². The standard InChI is InChI=1S/C17H19BrN2O3/c18-14-12-5-1-2-6-13(12)19-15(14)16(21)20-7-3-4-11(10-20)17-22-8-9-23-17/h1-2,5-6,11,17,19H,3-4,7-10H2. The number of aromatic amines is 1. The molecule has 1 aromatic carbocycles. The molecule has 1 atom stereocenters. The number of piperidine rings is 1. The van der Waals surface area contributed by atoms with Crippen molar-refractivity contribution in [3.05, 3.63) is 34.4 Å². The molecule has 0 radical (unpaired) electrons. The molecule has 0 aliphatic carbocycles. The Morgan fingerprint density at radius 2 is 2.04 bits per heavy atom. The number of rotatable bonds is 2. The second-order valence-corrected chi connectivity index (χ2v) is 6.92. The van der Waals surface area contributed by atoms with Crippen molar-refractivity contribution in [1.29, 1.82) is 0 Å². The number of amides is 1. The Hall–Kier alpha value is -1.37. The number of carbonyl (C=O) groups excluding carboxylic acids is 1. The number of fused-ring (bicyclic) bond motifs is 1. The number of benzene rings is 1. The van der Waals surface area contributed by atoms with Gasteiger partial charge in [-0.2, -0.15) is 0 Å². The smallest absolute Gasteiger partial charge is 0.271 e. The Labute approximate surface area is 143 Å². The van der Waals surface area contributed by atoms with Crippen LogP contribution in [0, 0.1) is 5.92 Å². The Kier molecular flexibility index (Phi) is 4.13. The highest BCUT2D eigenvalue weighted by atomic mass is 79.9. The van der Waals surface area contributed by atoms with Crippen LogP contribution in [0.2, 0.25) is 0 Å². The van der Waals surface area contributed by atoms with Crippen molar-refractivity contribution in [3.63, 3.8) is 0 Å². The molecule has 0 bridgehead atoms. The van der Waals surface area contributed by atoms with Crippen LogP contribution in [0.15, 0.2) is 28.7 Å². The first-order chi connectivity index (χ1) is 11.2. The van der Waals surface area contributed by atoms with E-state index in [-0.39, 0.29) is 18.1 Å². The molecule has 1 amide bonds. The zero-order valence-electron chi connectivity index (χ0n) is 12.8. The molecule has 6 heteroatoms. The maximum atomic E-state index is 12.9.